The fourth-order valence-corrected chi connectivity index (χ4v) is 4.24. The summed E-state index contributed by atoms with van der Waals surface area (Å²) in [5.41, 5.74) is 4.42. The summed E-state index contributed by atoms with van der Waals surface area (Å²) in [4.78, 5) is 13.7. The lowest BCUT2D eigenvalue weighted by Crippen LogP contribution is -2.23. The Labute approximate surface area is 153 Å². The van der Waals surface area contributed by atoms with Crippen LogP contribution in [0.4, 0.5) is 5.69 Å². The highest BCUT2D eigenvalue weighted by molar-refractivity contribution is 6.10. The molecule has 2 aliphatic rings. The maximum absolute atomic E-state index is 4.66. The van der Waals surface area contributed by atoms with Gasteiger partial charge in [-0.05, 0) is 60.7 Å². The number of nitrogens with zero attached hydrogens (tertiary/aromatic N) is 3. The van der Waals surface area contributed by atoms with Crippen molar-refractivity contribution in [3.63, 3.8) is 0 Å². The molecule has 130 valence electrons. The lowest BCUT2D eigenvalue weighted by atomic mass is 9.73. The van der Waals surface area contributed by atoms with Crippen LogP contribution in [-0.2, 0) is 13.0 Å². The van der Waals surface area contributed by atoms with Gasteiger partial charge in [-0.3, -0.25) is 15.0 Å². The molecule has 3 heterocycles. The van der Waals surface area contributed by atoms with Crippen molar-refractivity contribution >= 4 is 22.3 Å². The summed E-state index contributed by atoms with van der Waals surface area (Å²) in [6, 6.07) is 12.6. The van der Waals surface area contributed by atoms with E-state index in [1.807, 2.05) is 18.5 Å². The van der Waals surface area contributed by atoms with Crippen molar-refractivity contribution < 1.29 is 0 Å². The number of anilines is 1. The zero-order valence-electron chi connectivity index (χ0n) is 14.9. The van der Waals surface area contributed by atoms with Crippen molar-refractivity contribution in [2.45, 2.75) is 32.7 Å². The molecule has 0 bridgehead atoms. The zero-order valence-corrected chi connectivity index (χ0v) is 14.9. The smallest absolute Gasteiger partial charge is 0.152 e. The molecule has 1 aliphatic carbocycles. The van der Waals surface area contributed by atoms with Crippen LogP contribution in [0, 0.1) is 11.8 Å². The number of aromatic nitrogens is 2. The minimum Gasteiger partial charge on any atom is -0.339 e. The Morgan fingerprint density at radius 3 is 2.88 bits per heavy atom. The second kappa shape index (κ2) is 6.20. The Balaban J connectivity index is 1.40. The summed E-state index contributed by atoms with van der Waals surface area (Å²) >= 11 is 0. The van der Waals surface area contributed by atoms with Crippen LogP contribution in [0.1, 0.15) is 36.7 Å². The highest BCUT2D eigenvalue weighted by atomic mass is 15.0. The maximum atomic E-state index is 4.66. The molecular weight excluding hydrogens is 320 g/mol. The van der Waals surface area contributed by atoms with E-state index in [4.69, 9.17) is 0 Å². The van der Waals surface area contributed by atoms with Crippen LogP contribution >= 0.6 is 0 Å². The van der Waals surface area contributed by atoms with E-state index in [1.165, 1.54) is 34.9 Å². The predicted molar refractivity (Wildman–Crippen MR) is 105 cm³/mol. The van der Waals surface area contributed by atoms with Crippen molar-refractivity contribution in [2.24, 2.45) is 16.8 Å². The van der Waals surface area contributed by atoms with Gasteiger partial charge in [0.2, 0.25) is 0 Å². The summed E-state index contributed by atoms with van der Waals surface area (Å²) in [5.74, 6) is 2.54. The molecule has 0 atom stereocenters. The molecule has 2 aromatic heterocycles. The third-order valence-corrected chi connectivity index (χ3v) is 5.59. The van der Waals surface area contributed by atoms with E-state index in [2.05, 4.69) is 57.5 Å². The Morgan fingerprint density at radius 1 is 1.08 bits per heavy atom. The van der Waals surface area contributed by atoms with Crippen LogP contribution in [0.5, 0.6) is 0 Å². The molecule has 0 unspecified atom stereocenters. The molecule has 0 radical (unpaired) electrons. The number of amidine groups is 1. The minimum absolute atomic E-state index is 0.701. The lowest BCUT2D eigenvalue weighted by Gasteiger charge is -2.32. The Hall–Kier alpha value is -2.75. The van der Waals surface area contributed by atoms with Crippen molar-refractivity contribution in [1.29, 1.82) is 0 Å². The van der Waals surface area contributed by atoms with Gasteiger partial charge in [-0.1, -0.05) is 19.1 Å². The van der Waals surface area contributed by atoms with Gasteiger partial charge in [0.15, 0.2) is 5.84 Å². The summed E-state index contributed by atoms with van der Waals surface area (Å²) in [6.45, 7) is 3.04. The monoisotopic (exact) mass is 342 g/mol. The van der Waals surface area contributed by atoms with E-state index in [0.29, 0.717) is 6.54 Å². The molecule has 26 heavy (non-hydrogen) atoms. The number of pyridine rings is 2. The molecule has 1 saturated carbocycles. The average Bonchev–Trinajstić information content (AvgIpc) is 3.03. The summed E-state index contributed by atoms with van der Waals surface area (Å²) in [5, 5.41) is 5.94. The average molecular weight is 342 g/mol. The van der Waals surface area contributed by atoms with E-state index in [-0.39, 0.29) is 0 Å². The molecular formula is C22H22N4. The highest BCUT2D eigenvalue weighted by Crippen LogP contribution is 2.36. The van der Waals surface area contributed by atoms with E-state index >= 15 is 0 Å². The largest absolute Gasteiger partial charge is 0.339 e. The Morgan fingerprint density at radius 2 is 2.00 bits per heavy atom. The van der Waals surface area contributed by atoms with Gasteiger partial charge in [0.25, 0.3) is 0 Å². The third kappa shape index (κ3) is 2.75. The molecule has 1 aromatic carbocycles. The zero-order chi connectivity index (χ0) is 17.5. The number of fused-ring (bicyclic) bond motifs is 2. The second-order valence-corrected chi connectivity index (χ2v) is 7.64. The topological polar surface area (TPSA) is 50.2 Å². The number of rotatable bonds is 3. The predicted octanol–water partition coefficient (Wildman–Crippen LogP) is 4.59. The van der Waals surface area contributed by atoms with Gasteiger partial charge in [-0.2, -0.15) is 0 Å². The first-order valence-corrected chi connectivity index (χ1v) is 9.39. The van der Waals surface area contributed by atoms with Crippen LogP contribution in [-0.4, -0.2) is 15.8 Å². The van der Waals surface area contributed by atoms with Gasteiger partial charge in [0.1, 0.15) is 5.69 Å². The Bertz CT molecular complexity index is 1000. The van der Waals surface area contributed by atoms with E-state index in [1.54, 1.807) is 0 Å². The first-order valence-electron chi connectivity index (χ1n) is 9.39. The standard InChI is InChI=1S/C22H22N4/c1-14-9-15(10-14)11-20-19-5-4-18(12-16(19)6-8-23-20)26-22-21-17(13-25-22)3-2-7-24-21/h2-8,12,14-15H,9-11,13H2,1H3,(H,25,26). The molecule has 4 nitrogen and oxygen atoms in total. The van der Waals surface area contributed by atoms with Crippen molar-refractivity contribution in [3.8, 4) is 0 Å². The summed E-state index contributed by atoms with van der Waals surface area (Å²) in [6.07, 6.45) is 7.53. The van der Waals surface area contributed by atoms with Crippen LogP contribution in [0.15, 0.2) is 53.8 Å². The Kier molecular flexibility index (Phi) is 3.70. The van der Waals surface area contributed by atoms with Crippen LogP contribution in [0.25, 0.3) is 10.8 Å². The fourth-order valence-electron chi connectivity index (χ4n) is 4.24. The van der Waals surface area contributed by atoms with Gasteiger partial charge in [0.05, 0.1) is 6.54 Å². The second-order valence-electron chi connectivity index (χ2n) is 7.64. The van der Waals surface area contributed by atoms with Crippen LogP contribution < -0.4 is 5.32 Å². The first-order chi connectivity index (χ1) is 12.8. The van der Waals surface area contributed by atoms with Gasteiger partial charge >= 0.3 is 0 Å². The van der Waals surface area contributed by atoms with Crippen LogP contribution in [0.3, 0.4) is 0 Å². The normalized spacial score (nSPS) is 21.2. The van der Waals surface area contributed by atoms with E-state index < -0.39 is 0 Å². The SMILES string of the molecule is CC1CC(Cc2nccc3cc(NC4=NCc5cccnc54)ccc23)C1. The van der Waals surface area contributed by atoms with Crippen molar-refractivity contribution in [2.75, 3.05) is 5.32 Å². The van der Waals surface area contributed by atoms with Crippen molar-refractivity contribution in [3.05, 3.63) is 65.7 Å². The molecule has 1 fully saturated rings. The maximum Gasteiger partial charge on any atom is 0.152 e. The number of hydrogen-bond acceptors (Lipinski definition) is 4. The highest BCUT2D eigenvalue weighted by Gasteiger charge is 2.26. The molecule has 5 rings (SSSR count). The van der Waals surface area contributed by atoms with Gasteiger partial charge in [-0.15, -0.1) is 0 Å². The van der Waals surface area contributed by atoms with E-state index in [0.717, 1.165) is 35.5 Å². The summed E-state index contributed by atoms with van der Waals surface area (Å²) < 4.78 is 0. The van der Waals surface area contributed by atoms with Gasteiger partial charge in [-0.25, -0.2) is 0 Å². The third-order valence-electron chi connectivity index (χ3n) is 5.59. The molecule has 1 N–H and O–H groups in total. The molecule has 3 aromatic rings. The van der Waals surface area contributed by atoms with Gasteiger partial charge in [0, 0.05) is 34.7 Å². The number of nitrogens with one attached hydrogen (secondary N) is 1. The number of aliphatic imine (C=N–C) groups is 1. The van der Waals surface area contributed by atoms with E-state index in [9.17, 15) is 0 Å². The molecule has 1 aliphatic heterocycles. The summed E-state index contributed by atoms with van der Waals surface area (Å²) in [7, 11) is 0. The minimum atomic E-state index is 0.701. The molecule has 4 heteroatoms. The van der Waals surface area contributed by atoms with Gasteiger partial charge < -0.3 is 5.32 Å². The molecule has 0 saturated heterocycles. The van der Waals surface area contributed by atoms with Crippen LogP contribution in [0.2, 0.25) is 0 Å². The molecule has 0 amide bonds. The lowest BCUT2D eigenvalue weighted by molar-refractivity contribution is 0.210. The molecule has 0 spiro atoms. The fraction of sp³-hybridized carbons (Fsp3) is 0.318. The number of benzene rings is 1. The first kappa shape index (κ1) is 15.5. The van der Waals surface area contributed by atoms with Crippen molar-refractivity contribution in [1.82, 2.24) is 9.97 Å². The number of hydrogen-bond donors (Lipinski definition) is 1. The quantitative estimate of drug-likeness (QED) is 0.757.